The molecule has 0 atom stereocenters. The van der Waals surface area contributed by atoms with Gasteiger partial charge in [0.05, 0.1) is 10.7 Å². The van der Waals surface area contributed by atoms with Gasteiger partial charge in [-0.1, -0.05) is 50.2 Å². The Morgan fingerprint density at radius 3 is 2.61 bits per heavy atom. The molecule has 0 saturated heterocycles. The molecule has 0 aromatic carbocycles. The lowest BCUT2D eigenvalue weighted by molar-refractivity contribution is 0.105. The largest absolute Gasteiger partial charge is 0.360 e. The number of halogens is 1. The van der Waals surface area contributed by atoms with Crippen LogP contribution < -0.4 is 0 Å². The van der Waals surface area contributed by atoms with Crippen molar-refractivity contribution >= 4 is 28.8 Å². The van der Waals surface area contributed by atoms with Gasteiger partial charge in [-0.25, -0.2) is 0 Å². The van der Waals surface area contributed by atoms with Crippen LogP contribution in [0.1, 0.15) is 43.9 Å². The lowest BCUT2D eigenvalue weighted by Gasteiger charge is -2.11. The fourth-order valence-corrected chi connectivity index (χ4v) is 1.50. The highest BCUT2D eigenvalue weighted by molar-refractivity contribution is 6.51. The maximum Gasteiger partial charge on any atom is 0.245 e. The van der Waals surface area contributed by atoms with E-state index >= 15 is 0 Å². The van der Waals surface area contributed by atoms with Crippen LogP contribution in [0.4, 0.5) is 0 Å². The van der Waals surface area contributed by atoms with Gasteiger partial charge in [-0.05, 0) is 13.0 Å². The lowest BCUT2D eigenvalue weighted by atomic mass is 9.93. The Balaban J connectivity index is 3.09. The fourth-order valence-electron chi connectivity index (χ4n) is 1.37. The molecule has 6 nitrogen and oxygen atoms in total. The van der Waals surface area contributed by atoms with Crippen LogP contribution in [0.2, 0.25) is 0 Å². The molecule has 1 aromatic rings. The molecular formula is C16H17ClN4O2. The quantitative estimate of drug-likeness (QED) is 0.355. The van der Waals surface area contributed by atoms with E-state index in [0.717, 1.165) is 0 Å². The molecule has 1 aromatic heterocycles. The first kappa shape index (κ1) is 18.5. The minimum absolute atomic E-state index is 0.0100. The van der Waals surface area contributed by atoms with E-state index in [1.807, 2.05) is 20.8 Å². The van der Waals surface area contributed by atoms with Gasteiger partial charge in [0.2, 0.25) is 11.5 Å². The summed E-state index contributed by atoms with van der Waals surface area (Å²) in [6.45, 7) is 10.9. The summed E-state index contributed by atoms with van der Waals surface area (Å²) in [6.07, 6.45) is 3.02. The minimum Gasteiger partial charge on any atom is -0.360 e. The predicted octanol–water partition coefficient (Wildman–Crippen LogP) is 3.80. The molecule has 1 heterocycles. The Hall–Kier alpha value is -2.52. The monoisotopic (exact) mass is 332 g/mol. The first-order chi connectivity index (χ1) is 10.7. The molecule has 0 amide bonds. The van der Waals surface area contributed by atoms with Crippen LogP contribution in [-0.4, -0.2) is 22.4 Å². The van der Waals surface area contributed by atoms with Crippen molar-refractivity contribution in [1.29, 1.82) is 5.26 Å². The predicted molar refractivity (Wildman–Crippen MR) is 89.8 cm³/mol. The molecule has 0 bridgehead atoms. The van der Waals surface area contributed by atoms with Gasteiger partial charge in [0.15, 0.2) is 5.69 Å². The average Bonchev–Trinajstić information content (AvgIpc) is 2.97. The van der Waals surface area contributed by atoms with Crippen molar-refractivity contribution < 1.29 is 9.32 Å². The number of carbonyl (C=O) groups is 1. The number of rotatable bonds is 5. The van der Waals surface area contributed by atoms with Crippen molar-refractivity contribution in [2.45, 2.75) is 33.1 Å². The third-order valence-corrected chi connectivity index (χ3v) is 3.11. The normalized spacial score (nSPS) is 13.7. The lowest BCUT2D eigenvalue weighted by Crippen LogP contribution is -2.13. The fraction of sp³-hybridized carbons (Fsp3) is 0.312. The van der Waals surface area contributed by atoms with Crippen molar-refractivity contribution in [2.75, 3.05) is 0 Å². The summed E-state index contributed by atoms with van der Waals surface area (Å²) in [6, 6.07) is 3.20. The molecule has 0 spiro atoms. The van der Waals surface area contributed by atoms with Crippen molar-refractivity contribution in [3.05, 3.63) is 41.3 Å². The Kier molecular flexibility index (Phi) is 6.17. The molecule has 0 radical (unpaired) electrons. The Labute approximate surface area is 139 Å². The van der Waals surface area contributed by atoms with Crippen LogP contribution >= 0.6 is 11.6 Å². The second-order valence-electron chi connectivity index (χ2n) is 5.65. The van der Waals surface area contributed by atoms with Crippen LogP contribution in [0.25, 0.3) is 0 Å². The number of carbonyl (C=O) groups excluding carboxylic acids is 1. The summed E-state index contributed by atoms with van der Waals surface area (Å²) in [7, 11) is 0. The van der Waals surface area contributed by atoms with Crippen LogP contribution in [0.3, 0.4) is 0 Å². The second-order valence-corrected chi connectivity index (χ2v) is 6.06. The third-order valence-electron chi connectivity index (χ3n) is 2.71. The van der Waals surface area contributed by atoms with Gasteiger partial charge in [-0.3, -0.25) is 4.79 Å². The molecule has 1 rings (SSSR count). The van der Waals surface area contributed by atoms with E-state index in [1.165, 1.54) is 18.2 Å². The number of nitrogens with zero attached hydrogens (tertiary/aromatic N) is 4. The molecule has 0 saturated carbocycles. The first-order valence-corrected chi connectivity index (χ1v) is 7.11. The molecular weight excluding hydrogens is 316 g/mol. The molecule has 0 aliphatic carbocycles. The van der Waals surface area contributed by atoms with E-state index in [9.17, 15) is 4.79 Å². The average molecular weight is 333 g/mol. The SMILES string of the molecule is C=C\C=C(Cl)/C(C)=N/N=C(/C#N)C(=O)c1cc(C(C)(C)C)on1. The van der Waals surface area contributed by atoms with Crippen LogP contribution in [-0.2, 0) is 5.41 Å². The highest BCUT2D eigenvalue weighted by atomic mass is 35.5. The second kappa shape index (κ2) is 7.65. The molecule has 0 fully saturated rings. The van der Waals surface area contributed by atoms with E-state index in [2.05, 4.69) is 21.9 Å². The van der Waals surface area contributed by atoms with Gasteiger partial charge in [0.25, 0.3) is 0 Å². The summed E-state index contributed by atoms with van der Waals surface area (Å²) in [5.74, 6) is -0.123. The number of aromatic nitrogens is 1. The molecule has 0 N–H and O–H groups in total. The standard InChI is InChI=1S/C16H17ClN4O2/c1-6-7-11(17)10(2)19-20-13(9-18)15(22)12-8-14(23-21-12)16(3,4)5/h6-8H,1H2,2-5H3/b11-7+,19-10+,20-13-. The number of hydrogen-bond acceptors (Lipinski definition) is 6. The van der Waals surface area contributed by atoms with Gasteiger partial charge in [0, 0.05) is 11.5 Å². The highest BCUT2D eigenvalue weighted by Gasteiger charge is 2.24. The van der Waals surface area contributed by atoms with Gasteiger partial charge in [-0.15, -0.1) is 5.10 Å². The molecule has 0 aliphatic heterocycles. The summed E-state index contributed by atoms with van der Waals surface area (Å²) >= 11 is 5.90. The van der Waals surface area contributed by atoms with Crippen molar-refractivity contribution in [3.8, 4) is 6.07 Å². The van der Waals surface area contributed by atoms with Gasteiger partial charge >= 0.3 is 0 Å². The summed E-state index contributed by atoms with van der Waals surface area (Å²) < 4.78 is 5.13. The molecule has 120 valence electrons. The van der Waals surface area contributed by atoms with Crippen molar-refractivity contribution in [3.63, 3.8) is 0 Å². The van der Waals surface area contributed by atoms with Crippen molar-refractivity contribution in [2.24, 2.45) is 10.2 Å². The number of Topliss-reactive ketones (excluding diaryl/α,β-unsaturated/α-hetero) is 1. The zero-order valence-electron chi connectivity index (χ0n) is 13.4. The third kappa shape index (κ3) is 5.01. The van der Waals surface area contributed by atoms with Crippen molar-refractivity contribution in [1.82, 2.24) is 5.16 Å². The Bertz CT molecular complexity index is 743. The van der Waals surface area contributed by atoms with E-state index < -0.39 is 11.5 Å². The number of ketones is 1. The smallest absolute Gasteiger partial charge is 0.245 e. The number of nitriles is 1. The minimum atomic E-state index is -0.660. The molecule has 7 heteroatoms. The Morgan fingerprint density at radius 1 is 1.48 bits per heavy atom. The van der Waals surface area contributed by atoms with E-state index in [4.69, 9.17) is 21.4 Å². The summed E-state index contributed by atoms with van der Waals surface area (Å²) in [5, 5.41) is 20.5. The van der Waals surface area contributed by atoms with Crippen LogP contribution in [0, 0.1) is 11.3 Å². The van der Waals surface area contributed by atoms with E-state index in [1.54, 1.807) is 13.0 Å². The highest BCUT2D eigenvalue weighted by Crippen LogP contribution is 2.22. The molecule has 0 aliphatic rings. The van der Waals surface area contributed by atoms with Crippen LogP contribution in [0.5, 0.6) is 0 Å². The summed E-state index contributed by atoms with van der Waals surface area (Å²) in [5.41, 5.74) is -0.340. The molecule has 23 heavy (non-hydrogen) atoms. The topological polar surface area (TPSA) is 91.6 Å². The zero-order chi connectivity index (χ0) is 17.6. The van der Waals surface area contributed by atoms with E-state index in [0.29, 0.717) is 16.5 Å². The molecule has 0 unspecified atom stereocenters. The zero-order valence-corrected chi connectivity index (χ0v) is 14.2. The summed E-state index contributed by atoms with van der Waals surface area (Å²) in [4.78, 5) is 12.2. The first-order valence-electron chi connectivity index (χ1n) is 6.73. The number of allylic oxidation sites excluding steroid dienone is 3. The van der Waals surface area contributed by atoms with Gasteiger partial charge in [-0.2, -0.15) is 10.4 Å². The maximum absolute atomic E-state index is 12.2. The maximum atomic E-state index is 12.2. The van der Waals surface area contributed by atoms with Gasteiger partial charge in [0.1, 0.15) is 11.8 Å². The van der Waals surface area contributed by atoms with E-state index in [-0.39, 0.29) is 11.1 Å². The Morgan fingerprint density at radius 2 is 2.13 bits per heavy atom. The van der Waals surface area contributed by atoms with Gasteiger partial charge < -0.3 is 4.52 Å². The number of hydrogen-bond donors (Lipinski definition) is 0. The van der Waals surface area contributed by atoms with Crippen LogP contribution in [0.15, 0.2) is 44.6 Å².